The van der Waals surface area contributed by atoms with Crippen molar-refractivity contribution < 1.29 is 9.53 Å². The second kappa shape index (κ2) is 5.98. The van der Waals surface area contributed by atoms with Crippen molar-refractivity contribution in [3.8, 4) is 0 Å². The lowest BCUT2D eigenvalue weighted by atomic mass is 10.0. The van der Waals surface area contributed by atoms with Crippen molar-refractivity contribution in [1.82, 2.24) is 5.32 Å². The Morgan fingerprint density at radius 3 is 2.57 bits per heavy atom. The molecule has 3 N–H and O–H groups in total. The molecule has 0 aliphatic rings. The van der Waals surface area contributed by atoms with Crippen LogP contribution < -0.4 is 11.1 Å². The fourth-order valence-electron chi connectivity index (χ4n) is 1.07. The van der Waals surface area contributed by atoms with Gasteiger partial charge in [-0.25, -0.2) is 0 Å². The first-order valence-corrected chi connectivity index (χ1v) is 5.06. The Morgan fingerprint density at radius 2 is 2.21 bits per heavy atom. The zero-order valence-electron chi connectivity index (χ0n) is 9.59. The van der Waals surface area contributed by atoms with Crippen LogP contribution in [0.15, 0.2) is 0 Å². The summed E-state index contributed by atoms with van der Waals surface area (Å²) in [6.07, 6.45) is 2.25. The molecule has 0 rings (SSSR count). The van der Waals surface area contributed by atoms with Crippen LogP contribution in [0, 0.1) is 0 Å². The molecule has 0 heterocycles. The van der Waals surface area contributed by atoms with E-state index in [-0.39, 0.29) is 12.0 Å². The summed E-state index contributed by atoms with van der Waals surface area (Å²) in [6, 6.07) is 0. The number of hydrogen-bond acceptors (Lipinski definition) is 3. The molecule has 84 valence electrons. The highest BCUT2D eigenvalue weighted by atomic mass is 16.5. The largest absolute Gasteiger partial charge is 0.376 e. The van der Waals surface area contributed by atoms with E-state index >= 15 is 0 Å². The number of carbonyl (C=O) groups excluding carboxylic acids is 1. The molecule has 4 heteroatoms. The number of primary amides is 1. The first kappa shape index (κ1) is 13.4. The minimum absolute atomic E-state index is 0.173. The second-order valence-corrected chi connectivity index (χ2v) is 3.86. The molecule has 0 fully saturated rings. The Labute approximate surface area is 86.2 Å². The highest BCUT2D eigenvalue weighted by molar-refractivity contribution is 5.84. The van der Waals surface area contributed by atoms with Crippen LogP contribution in [0.4, 0.5) is 0 Å². The molecule has 0 bridgehead atoms. The van der Waals surface area contributed by atoms with E-state index in [1.807, 2.05) is 6.92 Å². The zero-order valence-corrected chi connectivity index (χ0v) is 9.59. The molecule has 0 saturated heterocycles. The van der Waals surface area contributed by atoms with Gasteiger partial charge in [-0.2, -0.15) is 0 Å². The highest BCUT2D eigenvalue weighted by Gasteiger charge is 2.29. The molecule has 0 aliphatic carbocycles. The lowest BCUT2D eigenvalue weighted by Crippen LogP contribution is -2.55. The minimum atomic E-state index is -0.762. The summed E-state index contributed by atoms with van der Waals surface area (Å²) in [7, 11) is 1.71. The van der Waals surface area contributed by atoms with Crippen molar-refractivity contribution >= 4 is 5.91 Å². The molecule has 14 heavy (non-hydrogen) atoms. The van der Waals surface area contributed by atoms with Crippen molar-refractivity contribution in [2.45, 2.75) is 45.3 Å². The van der Waals surface area contributed by atoms with Crippen LogP contribution in [0.2, 0.25) is 0 Å². The standard InChI is InChI=1S/C10H22N2O2/c1-5-6-8(2)14-7-10(3,12-4)9(11)13/h8,12H,5-7H2,1-4H3,(H2,11,13). The summed E-state index contributed by atoms with van der Waals surface area (Å²) in [4.78, 5) is 11.1. The third-order valence-electron chi connectivity index (χ3n) is 2.45. The lowest BCUT2D eigenvalue weighted by molar-refractivity contribution is -0.127. The molecular weight excluding hydrogens is 180 g/mol. The van der Waals surface area contributed by atoms with Gasteiger partial charge in [-0.1, -0.05) is 13.3 Å². The van der Waals surface area contributed by atoms with Crippen LogP contribution in [0.25, 0.3) is 0 Å². The number of nitrogens with two attached hydrogens (primary N) is 1. The van der Waals surface area contributed by atoms with Crippen LogP contribution >= 0.6 is 0 Å². The van der Waals surface area contributed by atoms with Gasteiger partial charge in [-0.3, -0.25) is 4.79 Å². The Morgan fingerprint density at radius 1 is 1.64 bits per heavy atom. The summed E-state index contributed by atoms with van der Waals surface area (Å²) in [6.45, 7) is 6.17. The number of nitrogens with one attached hydrogen (secondary N) is 1. The van der Waals surface area contributed by atoms with Gasteiger partial charge in [-0.15, -0.1) is 0 Å². The number of hydrogen-bond donors (Lipinski definition) is 2. The number of carbonyl (C=O) groups is 1. The Kier molecular flexibility index (Phi) is 5.72. The van der Waals surface area contributed by atoms with Gasteiger partial charge in [0.05, 0.1) is 12.7 Å². The van der Waals surface area contributed by atoms with Crippen LogP contribution in [0.5, 0.6) is 0 Å². The number of amides is 1. The van der Waals surface area contributed by atoms with Gasteiger partial charge in [-0.05, 0) is 27.3 Å². The molecule has 0 aliphatic heterocycles. The summed E-state index contributed by atoms with van der Waals surface area (Å²) in [5.41, 5.74) is 4.50. The Balaban J connectivity index is 4.01. The third-order valence-corrected chi connectivity index (χ3v) is 2.45. The van der Waals surface area contributed by atoms with Crippen molar-refractivity contribution in [1.29, 1.82) is 0 Å². The lowest BCUT2D eigenvalue weighted by Gasteiger charge is -2.26. The molecule has 0 aromatic rings. The summed E-state index contributed by atoms with van der Waals surface area (Å²) in [5, 5.41) is 2.88. The van der Waals surface area contributed by atoms with E-state index in [0.29, 0.717) is 6.61 Å². The maximum atomic E-state index is 11.1. The second-order valence-electron chi connectivity index (χ2n) is 3.86. The molecule has 2 unspecified atom stereocenters. The molecular formula is C10H22N2O2. The Bertz CT molecular complexity index is 185. The van der Waals surface area contributed by atoms with E-state index in [1.54, 1.807) is 14.0 Å². The molecule has 0 aromatic carbocycles. The number of ether oxygens (including phenoxy) is 1. The van der Waals surface area contributed by atoms with Gasteiger partial charge in [0, 0.05) is 0 Å². The van der Waals surface area contributed by atoms with Crippen molar-refractivity contribution in [3.05, 3.63) is 0 Å². The summed E-state index contributed by atoms with van der Waals surface area (Å²) < 4.78 is 5.54. The van der Waals surface area contributed by atoms with E-state index in [1.165, 1.54) is 0 Å². The van der Waals surface area contributed by atoms with E-state index in [4.69, 9.17) is 10.5 Å². The topological polar surface area (TPSA) is 64.3 Å². The molecule has 4 nitrogen and oxygen atoms in total. The predicted molar refractivity (Wildman–Crippen MR) is 57.0 cm³/mol. The van der Waals surface area contributed by atoms with Crippen LogP contribution in [-0.4, -0.2) is 31.2 Å². The van der Waals surface area contributed by atoms with Gasteiger partial charge in [0.1, 0.15) is 5.54 Å². The maximum Gasteiger partial charge on any atom is 0.239 e. The van der Waals surface area contributed by atoms with Crippen molar-refractivity contribution in [3.63, 3.8) is 0 Å². The molecule has 0 radical (unpaired) electrons. The van der Waals surface area contributed by atoms with Crippen LogP contribution in [0.1, 0.15) is 33.6 Å². The van der Waals surface area contributed by atoms with Crippen LogP contribution in [-0.2, 0) is 9.53 Å². The van der Waals surface area contributed by atoms with Gasteiger partial charge in [0.25, 0.3) is 0 Å². The zero-order chi connectivity index (χ0) is 11.2. The highest BCUT2D eigenvalue weighted by Crippen LogP contribution is 2.07. The molecule has 2 atom stereocenters. The van der Waals surface area contributed by atoms with Gasteiger partial charge >= 0.3 is 0 Å². The van der Waals surface area contributed by atoms with Crippen molar-refractivity contribution in [2.75, 3.05) is 13.7 Å². The first-order valence-electron chi connectivity index (χ1n) is 5.06. The molecule has 0 aromatic heterocycles. The van der Waals surface area contributed by atoms with Crippen molar-refractivity contribution in [2.24, 2.45) is 5.73 Å². The smallest absolute Gasteiger partial charge is 0.239 e. The fourth-order valence-corrected chi connectivity index (χ4v) is 1.07. The van der Waals surface area contributed by atoms with Gasteiger partial charge in [0.15, 0.2) is 0 Å². The van der Waals surface area contributed by atoms with Gasteiger partial charge in [0.2, 0.25) is 5.91 Å². The monoisotopic (exact) mass is 202 g/mol. The molecule has 1 amide bonds. The normalized spacial score (nSPS) is 17.4. The van der Waals surface area contributed by atoms with E-state index in [0.717, 1.165) is 12.8 Å². The number of rotatable bonds is 7. The van der Waals surface area contributed by atoms with E-state index < -0.39 is 5.54 Å². The third kappa shape index (κ3) is 4.07. The average molecular weight is 202 g/mol. The molecule has 0 spiro atoms. The number of likely N-dealkylation sites (N-methyl/N-ethyl adjacent to an activating group) is 1. The predicted octanol–water partition coefficient (Wildman–Crippen LogP) is 0.655. The van der Waals surface area contributed by atoms with Gasteiger partial charge < -0.3 is 15.8 Å². The fraction of sp³-hybridized carbons (Fsp3) is 0.900. The summed E-state index contributed by atoms with van der Waals surface area (Å²) in [5.74, 6) is -0.385. The maximum absolute atomic E-state index is 11.1. The first-order chi connectivity index (χ1) is 6.46. The van der Waals surface area contributed by atoms with Crippen LogP contribution in [0.3, 0.4) is 0 Å². The SMILES string of the molecule is CCCC(C)OCC(C)(NC)C(N)=O. The van der Waals surface area contributed by atoms with E-state index in [9.17, 15) is 4.79 Å². The average Bonchev–Trinajstić information content (AvgIpc) is 2.14. The summed E-state index contributed by atoms with van der Waals surface area (Å²) >= 11 is 0. The Hall–Kier alpha value is -0.610. The quantitative estimate of drug-likeness (QED) is 0.637. The molecule has 0 saturated carbocycles. The minimum Gasteiger partial charge on any atom is -0.376 e. The van der Waals surface area contributed by atoms with E-state index in [2.05, 4.69) is 12.2 Å².